The molecule has 0 atom stereocenters. The minimum Gasteiger partial charge on any atom is -0.478 e. The monoisotopic (exact) mass is 252 g/mol. The van der Waals surface area contributed by atoms with Crippen LogP contribution in [-0.4, -0.2) is 16.1 Å². The third kappa shape index (κ3) is 2.76. The van der Waals surface area contributed by atoms with Gasteiger partial charge in [0.25, 0.3) is 0 Å². The van der Waals surface area contributed by atoms with Crippen LogP contribution in [0.1, 0.15) is 16.1 Å². The summed E-state index contributed by atoms with van der Waals surface area (Å²) in [6.07, 6.45) is 2.78. The lowest BCUT2D eigenvalue weighted by Gasteiger charge is -2.04. The molecule has 17 heavy (non-hydrogen) atoms. The second-order valence-electron chi connectivity index (χ2n) is 3.30. The van der Waals surface area contributed by atoms with Crippen molar-refractivity contribution < 1.29 is 14.3 Å². The Morgan fingerprint density at radius 2 is 2.41 bits per heavy atom. The average Bonchev–Trinajstić information content (AvgIpc) is 2.77. The Morgan fingerprint density at radius 1 is 1.59 bits per heavy atom. The Kier molecular flexibility index (Phi) is 3.30. The summed E-state index contributed by atoms with van der Waals surface area (Å²) in [4.78, 5) is 14.5. The third-order valence-corrected chi connectivity index (χ3v) is 2.41. The Bertz CT molecular complexity index is 539. The highest BCUT2D eigenvalue weighted by molar-refractivity contribution is 6.31. The number of carbonyl (C=O) groups is 1. The predicted octanol–water partition coefficient (Wildman–Crippen LogP) is 2.64. The summed E-state index contributed by atoms with van der Waals surface area (Å²) in [6, 6.07) is 4.98. The molecule has 0 radical (unpaired) electrons. The highest BCUT2D eigenvalue weighted by Gasteiger charge is 2.08. The summed E-state index contributed by atoms with van der Waals surface area (Å²) in [5.74, 6) is -0.498. The molecule has 5 nitrogen and oxygen atoms in total. The normalized spacial score (nSPS) is 10.2. The average molecular weight is 253 g/mol. The van der Waals surface area contributed by atoms with E-state index in [1.165, 1.54) is 12.3 Å². The number of rotatable bonds is 4. The topological polar surface area (TPSA) is 75.4 Å². The summed E-state index contributed by atoms with van der Waals surface area (Å²) in [7, 11) is 0. The van der Waals surface area contributed by atoms with E-state index in [1.807, 2.05) is 0 Å². The molecule has 2 rings (SSSR count). The maximum atomic E-state index is 10.6. The number of halogens is 1. The standard InChI is InChI=1S/C11H9ClN2O3/c12-10-9(2-1-3-13-10)14-5-8-4-7(6-17-8)11(15)16/h1-4,6,14H,5H2,(H,15,16). The van der Waals surface area contributed by atoms with Crippen molar-refractivity contribution in [3.8, 4) is 0 Å². The minimum atomic E-state index is -1.01. The summed E-state index contributed by atoms with van der Waals surface area (Å²) < 4.78 is 5.08. The maximum absolute atomic E-state index is 10.6. The number of nitrogens with zero attached hydrogens (tertiary/aromatic N) is 1. The fraction of sp³-hybridized carbons (Fsp3) is 0.0909. The SMILES string of the molecule is O=C(O)c1coc(CNc2cccnc2Cl)c1. The van der Waals surface area contributed by atoms with Gasteiger partial charge in [-0.3, -0.25) is 0 Å². The smallest absolute Gasteiger partial charge is 0.338 e. The zero-order valence-electron chi connectivity index (χ0n) is 8.68. The predicted molar refractivity (Wildman–Crippen MR) is 62.2 cm³/mol. The molecule has 0 saturated heterocycles. The molecule has 0 amide bonds. The molecule has 2 aromatic rings. The zero-order valence-corrected chi connectivity index (χ0v) is 9.44. The Morgan fingerprint density at radius 3 is 3.06 bits per heavy atom. The largest absolute Gasteiger partial charge is 0.478 e. The van der Waals surface area contributed by atoms with Gasteiger partial charge in [0.05, 0.1) is 17.8 Å². The van der Waals surface area contributed by atoms with Crippen LogP contribution in [0.5, 0.6) is 0 Å². The second kappa shape index (κ2) is 4.88. The summed E-state index contributed by atoms with van der Waals surface area (Å²) in [5, 5.41) is 12.1. The molecule has 0 aromatic carbocycles. The molecule has 0 aliphatic heterocycles. The van der Waals surface area contributed by atoms with E-state index in [9.17, 15) is 4.79 Å². The van der Waals surface area contributed by atoms with Crippen molar-refractivity contribution in [3.05, 3.63) is 47.1 Å². The van der Waals surface area contributed by atoms with Crippen molar-refractivity contribution in [2.24, 2.45) is 0 Å². The molecule has 0 aliphatic rings. The van der Waals surface area contributed by atoms with Gasteiger partial charge in [-0.05, 0) is 18.2 Å². The number of aromatic nitrogens is 1. The van der Waals surface area contributed by atoms with E-state index in [1.54, 1.807) is 18.3 Å². The van der Waals surface area contributed by atoms with Gasteiger partial charge in [0, 0.05) is 6.20 Å². The van der Waals surface area contributed by atoms with E-state index in [-0.39, 0.29) is 5.56 Å². The molecule has 0 bridgehead atoms. The van der Waals surface area contributed by atoms with Crippen LogP contribution >= 0.6 is 11.6 Å². The highest BCUT2D eigenvalue weighted by Crippen LogP contribution is 2.18. The molecular weight excluding hydrogens is 244 g/mol. The van der Waals surface area contributed by atoms with Gasteiger partial charge in [-0.15, -0.1) is 0 Å². The molecule has 0 unspecified atom stereocenters. The number of carboxylic acids is 1. The first kappa shape index (κ1) is 11.5. The van der Waals surface area contributed by atoms with E-state index in [0.717, 1.165) is 0 Å². The number of hydrogen-bond acceptors (Lipinski definition) is 4. The Hall–Kier alpha value is -2.01. The number of nitrogens with one attached hydrogen (secondary N) is 1. The van der Waals surface area contributed by atoms with Crippen LogP contribution in [0.15, 0.2) is 35.1 Å². The zero-order chi connectivity index (χ0) is 12.3. The lowest BCUT2D eigenvalue weighted by Crippen LogP contribution is -1.99. The van der Waals surface area contributed by atoms with E-state index >= 15 is 0 Å². The molecule has 0 aliphatic carbocycles. The summed E-state index contributed by atoms with van der Waals surface area (Å²) in [6.45, 7) is 0.346. The van der Waals surface area contributed by atoms with E-state index in [4.69, 9.17) is 21.1 Å². The Labute approximate surface area is 102 Å². The van der Waals surface area contributed by atoms with Crippen LogP contribution in [0.3, 0.4) is 0 Å². The lowest BCUT2D eigenvalue weighted by atomic mass is 10.3. The highest BCUT2D eigenvalue weighted by atomic mass is 35.5. The number of furan rings is 1. The number of anilines is 1. The van der Waals surface area contributed by atoms with Gasteiger partial charge in [-0.25, -0.2) is 9.78 Å². The Balaban J connectivity index is 2.02. The molecule has 0 spiro atoms. The van der Waals surface area contributed by atoms with E-state index in [2.05, 4.69) is 10.3 Å². The quantitative estimate of drug-likeness (QED) is 0.818. The number of carboxylic acid groups (broad SMARTS) is 1. The molecule has 2 aromatic heterocycles. The van der Waals surface area contributed by atoms with Gasteiger partial charge < -0.3 is 14.8 Å². The molecular formula is C11H9ClN2O3. The van der Waals surface area contributed by atoms with Crippen LogP contribution in [-0.2, 0) is 6.54 Å². The minimum absolute atomic E-state index is 0.124. The molecule has 2 N–H and O–H groups in total. The van der Waals surface area contributed by atoms with Crippen LogP contribution < -0.4 is 5.32 Å². The molecule has 0 saturated carbocycles. The van der Waals surface area contributed by atoms with Crippen LogP contribution in [0.2, 0.25) is 5.15 Å². The fourth-order valence-corrected chi connectivity index (χ4v) is 1.47. The maximum Gasteiger partial charge on any atom is 0.338 e. The molecule has 2 heterocycles. The van der Waals surface area contributed by atoms with Crippen LogP contribution in [0.25, 0.3) is 0 Å². The first-order valence-corrected chi connectivity index (χ1v) is 5.19. The van der Waals surface area contributed by atoms with Crippen molar-refractivity contribution >= 4 is 23.3 Å². The first-order valence-electron chi connectivity index (χ1n) is 4.82. The van der Waals surface area contributed by atoms with Crippen molar-refractivity contribution in [1.29, 1.82) is 0 Å². The summed E-state index contributed by atoms with van der Waals surface area (Å²) in [5.41, 5.74) is 0.793. The number of pyridine rings is 1. The van der Waals surface area contributed by atoms with Gasteiger partial charge in [0.2, 0.25) is 0 Å². The third-order valence-electron chi connectivity index (χ3n) is 2.11. The van der Waals surface area contributed by atoms with E-state index < -0.39 is 5.97 Å². The van der Waals surface area contributed by atoms with Crippen molar-refractivity contribution in [2.45, 2.75) is 6.54 Å². The molecule has 0 fully saturated rings. The van der Waals surface area contributed by atoms with Gasteiger partial charge in [0.15, 0.2) is 5.15 Å². The van der Waals surface area contributed by atoms with Gasteiger partial charge in [-0.2, -0.15) is 0 Å². The van der Waals surface area contributed by atoms with Crippen LogP contribution in [0.4, 0.5) is 5.69 Å². The number of hydrogen-bond donors (Lipinski definition) is 2. The second-order valence-corrected chi connectivity index (χ2v) is 3.66. The molecule has 88 valence electrons. The van der Waals surface area contributed by atoms with Crippen molar-refractivity contribution in [2.75, 3.05) is 5.32 Å². The van der Waals surface area contributed by atoms with Crippen LogP contribution in [0, 0.1) is 0 Å². The van der Waals surface area contributed by atoms with Gasteiger partial charge >= 0.3 is 5.97 Å². The summed E-state index contributed by atoms with van der Waals surface area (Å²) >= 11 is 5.85. The fourth-order valence-electron chi connectivity index (χ4n) is 1.29. The van der Waals surface area contributed by atoms with Crippen molar-refractivity contribution in [3.63, 3.8) is 0 Å². The number of aromatic carboxylic acids is 1. The molecule has 6 heteroatoms. The van der Waals surface area contributed by atoms with E-state index in [0.29, 0.717) is 23.1 Å². The lowest BCUT2D eigenvalue weighted by molar-refractivity contribution is 0.0696. The van der Waals surface area contributed by atoms with Crippen molar-refractivity contribution in [1.82, 2.24) is 4.98 Å². The van der Waals surface area contributed by atoms with Gasteiger partial charge in [0.1, 0.15) is 12.0 Å². The first-order chi connectivity index (χ1) is 8.16. The van der Waals surface area contributed by atoms with Gasteiger partial charge in [-0.1, -0.05) is 11.6 Å².